The first-order valence-corrected chi connectivity index (χ1v) is 11.7. The molecule has 0 saturated carbocycles. The van der Waals surface area contributed by atoms with Gasteiger partial charge in [0.25, 0.3) is 0 Å². The molecule has 0 amide bonds. The Morgan fingerprint density at radius 2 is 1.46 bits per heavy atom. The summed E-state index contributed by atoms with van der Waals surface area (Å²) < 4.78 is 21.3. The average molecular weight is 393 g/mol. The number of rotatable bonds is 21. The highest BCUT2D eigenvalue weighted by Crippen LogP contribution is 2.24. The molecule has 0 N–H and O–H groups in total. The third kappa shape index (κ3) is 17.6. The standard InChI is InChI=1S/C21H44O4S/c1-5-7-8-9-10-12-20(14-15-21(22-3)23-4)13-11-17-26-18-16-25-19-24-6-2/h20-21H,5-19H2,1-4H3. The topological polar surface area (TPSA) is 36.9 Å². The van der Waals surface area contributed by atoms with Gasteiger partial charge in [0, 0.05) is 26.6 Å². The summed E-state index contributed by atoms with van der Waals surface area (Å²) in [7, 11) is 3.47. The van der Waals surface area contributed by atoms with Gasteiger partial charge in [-0.15, -0.1) is 0 Å². The molecule has 0 aliphatic heterocycles. The van der Waals surface area contributed by atoms with Crippen molar-refractivity contribution in [3.8, 4) is 0 Å². The first-order valence-electron chi connectivity index (χ1n) is 10.6. The maximum Gasteiger partial charge on any atom is 0.156 e. The average Bonchev–Trinajstić information content (AvgIpc) is 2.66. The van der Waals surface area contributed by atoms with Crippen molar-refractivity contribution >= 4 is 11.8 Å². The number of unbranched alkanes of at least 4 members (excludes halogenated alkanes) is 4. The zero-order valence-corrected chi connectivity index (χ0v) is 18.6. The van der Waals surface area contributed by atoms with E-state index in [2.05, 4.69) is 6.92 Å². The molecule has 26 heavy (non-hydrogen) atoms. The molecule has 0 spiro atoms. The fourth-order valence-corrected chi connectivity index (χ4v) is 3.88. The largest absolute Gasteiger partial charge is 0.356 e. The molecule has 0 aliphatic rings. The van der Waals surface area contributed by atoms with Crippen molar-refractivity contribution < 1.29 is 18.9 Å². The van der Waals surface area contributed by atoms with Gasteiger partial charge in [0.1, 0.15) is 6.79 Å². The monoisotopic (exact) mass is 392 g/mol. The summed E-state index contributed by atoms with van der Waals surface area (Å²) in [6, 6.07) is 0. The van der Waals surface area contributed by atoms with Gasteiger partial charge in [-0.25, -0.2) is 0 Å². The Balaban J connectivity index is 3.83. The van der Waals surface area contributed by atoms with Crippen LogP contribution in [-0.4, -0.2) is 52.0 Å². The van der Waals surface area contributed by atoms with E-state index in [0.717, 1.165) is 31.3 Å². The predicted molar refractivity (Wildman–Crippen MR) is 113 cm³/mol. The Bertz CT molecular complexity index is 262. The Kier molecular flexibility index (Phi) is 21.6. The van der Waals surface area contributed by atoms with Crippen LogP contribution in [0, 0.1) is 5.92 Å². The van der Waals surface area contributed by atoms with Crippen molar-refractivity contribution in [3.63, 3.8) is 0 Å². The van der Waals surface area contributed by atoms with E-state index in [1.54, 1.807) is 14.2 Å². The molecule has 0 radical (unpaired) electrons. The lowest BCUT2D eigenvalue weighted by Gasteiger charge is -2.20. The second-order valence-electron chi connectivity index (χ2n) is 6.82. The molecular formula is C21H44O4S. The van der Waals surface area contributed by atoms with E-state index in [4.69, 9.17) is 18.9 Å². The van der Waals surface area contributed by atoms with E-state index in [-0.39, 0.29) is 6.29 Å². The Morgan fingerprint density at radius 3 is 2.15 bits per heavy atom. The lowest BCUT2D eigenvalue weighted by atomic mass is 9.91. The van der Waals surface area contributed by atoms with Crippen molar-refractivity contribution in [2.45, 2.75) is 84.3 Å². The third-order valence-corrected chi connectivity index (χ3v) is 5.73. The number of thioether (sulfide) groups is 1. The minimum Gasteiger partial charge on any atom is -0.356 e. The molecule has 0 heterocycles. The summed E-state index contributed by atoms with van der Waals surface area (Å²) in [5, 5.41) is 0. The molecule has 0 fully saturated rings. The molecule has 0 aromatic carbocycles. The first kappa shape index (κ1) is 26.2. The highest BCUT2D eigenvalue weighted by atomic mass is 32.2. The minimum absolute atomic E-state index is 0.0468. The summed E-state index contributed by atoms with van der Waals surface area (Å²) in [4.78, 5) is 0. The van der Waals surface area contributed by atoms with E-state index in [1.807, 2.05) is 18.7 Å². The normalized spacial score (nSPS) is 12.8. The molecule has 5 heteroatoms. The van der Waals surface area contributed by atoms with Crippen LogP contribution >= 0.6 is 11.8 Å². The summed E-state index contributed by atoms with van der Waals surface area (Å²) in [6.07, 6.45) is 13.0. The molecular weight excluding hydrogens is 348 g/mol. The van der Waals surface area contributed by atoms with Crippen LogP contribution in [0.3, 0.4) is 0 Å². The number of methoxy groups -OCH3 is 2. The molecule has 158 valence electrons. The molecule has 0 aliphatic carbocycles. The zero-order chi connectivity index (χ0) is 19.3. The maximum absolute atomic E-state index is 5.41. The van der Waals surface area contributed by atoms with Gasteiger partial charge in [0.05, 0.1) is 6.61 Å². The number of hydrogen-bond acceptors (Lipinski definition) is 5. The van der Waals surface area contributed by atoms with Crippen molar-refractivity contribution in [2.75, 3.05) is 45.7 Å². The fourth-order valence-electron chi connectivity index (χ4n) is 3.07. The smallest absolute Gasteiger partial charge is 0.156 e. The van der Waals surface area contributed by atoms with Gasteiger partial charge in [-0.2, -0.15) is 11.8 Å². The van der Waals surface area contributed by atoms with Gasteiger partial charge >= 0.3 is 0 Å². The van der Waals surface area contributed by atoms with Gasteiger partial charge in [-0.1, -0.05) is 45.4 Å². The number of ether oxygens (including phenoxy) is 4. The van der Waals surface area contributed by atoms with Crippen molar-refractivity contribution in [2.24, 2.45) is 5.92 Å². The third-order valence-electron chi connectivity index (χ3n) is 4.70. The van der Waals surface area contributed by atoms with Crippen LogP contribution in [0.4, 0.5) is 0 Å². The predicted octanol–water partition coefficient (Wildman–Crippen LogP) is 5.89. The first-order chi connectivity index (χ1) is 12.8. The van der Waals surface area contributed by atoms with E-state index < -0.39 is 0 Å². The van der Waals surface area contributed by atoms with Gasteiger partial charge in [-0.3, -0.25) is 0 Å². The molecule has 0 saturated heterocycles. The molecule has 1 unspecified atom stereocenters. The van der Waals surface area contributed by atoms with Crippen LogP contribution in [0.2, 0.25) is 0 Å². The summed E-state index contributed by atoms with van der Waals surface area (Å²) in [5.41, 5.74) is 0. The second kappa shape index (κ2) is 21.5. The highest BCUT2D eigenvalue weighted by molar-refractivity contribution is 7.99. The van der Waals surface area contributed by atoms with E-state index >= 15 is 0 Å². The van der Waals surface area contributed by atoms with Crippen LogP contribution in [0.25, 0.3) is 0 Å². The lowest BCUT2D eigenvalue weighted by Crippen LogP contribution is -2.15. The van der Waals surface area contributed by atoms with Crippen molar-refractivity contribution in [3.05, 3.63) is 0 Å². The van der Waals surface area contributed by atoms with Crippen LogP contribution < -0.4 is 0 Å². The Morgan fingerprint density at radius 1 is 0.731 bits per heavy atom. The molecule has 0 rings (SSSR count). The second-order valence-corrected chi connectivity index (χ2v) is 8.05. The zero-order valence-electron chi connectivity index (χ0n) is 17.8. The van der Waals surface area contributed by atoms with E-state index in [1.165, 1.54) is 63.5 Å². The maximum atomic E-state index is 5.41. The lowest BCUT2D eigenvalue weighted by molar-refractivity contribution is -0.108. The Hall–Kier alpha value is 0.190. The summed E-state index contributed by atoms with van der Waals surface area (Å²) in [5.74, 6) is 3.09. The molecule has 4 nitrogen and oxygen atoms in total. The fraction of sp³-hybridized carbons (Fsp3) is 1.00. The quantitative estimate of drug-likeness (QED) is 0.180. The number of hydrogen-bond donors (Lipinski definition) is 0. The minimum atomic E-state index is -0.0468. The van der Waals surface area contributed by atoms with Crippen LogP contribution in [-0.2, 0) is 18.9 Å². The SMILES string of the molecule is CCCCCCCC(CCCSCCOCOCC)CCC(OC)OC. The van der Waals surface area contributed by atoms with Crippen molar-refractivity contribution in [1.82, 2.24) is 0 Å². The van der Waals surface area contributed by atoms with Crippen LogP contribution in [0.5, 0.6) is 0 Å². The van der Waals surface area contributed by atoms with Crippen LogP contribution in [0.1, 0.15) is 78.1 Å². The van der Waals surface area contributed by atoms with Gasteiger partial charge in [0.2, 0.25) is 0 Å². The van der Waals surface area contributed by atoms with Crippen molar-refractivity contribution in [1.29, 1.82) is 0 Å². The highest BCUT2D eigenvalue weighted by Gasteiger charge is 2.13. The van der Waals surface area contributed by atoms with Gasteiger partial charge in [0.15, 0.2) is 6.29 Å². The summed E-state index contributed by atoms with van der Waals surface area (Å²) >= 11 is 1.99. The molecule has 0 bridgehead atoms. The van der Waals surface area contributed by atoms with Gasteiger partial charge < -0.3 is 18.9 Å². The molecule has 1 atom stereocenters. The molecule has 0 aromatic rings. The Labute approximate surface area is 167 Å². The van der Waals surface area contributed by atoms with E-state index in [9.17, 15) is 0 Å². The summed E-state index contributed by atoms with van der Waals surface area (Å²) in [6.45, 7) is 6.20. The van der Waals surface area contributed by atoms with Crippen LogP contribution in [0.15, 0.2) is 0 Å². The molecule has 0 aromatic heterocycles. The van der Waals surface area contributed by atoms with Gasteiger partial charge in [-0.05, 0) is 44.3 Å². The van der Waals surface area contributed by atoms with E-state index in [0.29, 0.717) is 6.79 Å².